The van der Waals surface area contributed by atoms with Gasteiger partial charge in [-0.25, -0.2) is 0 Å². The second kappa shape index (κ2) is 26.9. The van der Waals surface area contributed by atoms with Gasteiger partial charge in [0.1, 0.15) is 25.3 Å². The molecule has 56 heavy (non-hydrogen) atoms. The number of carbonyl (C=O) groups is 2. The maximum Gasteiger partial charge on any atom is 0.324 e. The summed E-state index contributed by atoms with van der Waals surface area (Å²) in [7, 11) is 0. The minimum Gasteiger partial charge on any atom is -0.460 e. The molecular weight excluding hydrogens is 693 g/mol. The van der Waals surface area contributed by atoms with Crippen molar-refractivity contribution in [2.45, 2.75) is 78.9 Å². The van der Waals surface area contributed by atoms with E-state index in [1.165, 1.54) is 11.1 Å². The molecular formula is C50H58N2O4. The normalized spacial score (nSPS) is 11.2. The fourth-order valence-electron chi connectivity index (χ4n) is 5.72. The Morgan fingerprint density at radius 2 is 0.714 bits per heavy atom. The van der Waals surface area contributed by atoms with Gasteiger partial charge in [0.25, 0.3) is 0 Å². The predicted octanol–water partition coefficient (Wildman–Crippen LogP) is 10.4. The van der Waals surface area contributed by atoms with E-state index in [1.54, 1.807) is 0 Å². The van der Waals surface area contributed by atoms with Gasteiger partial charge >= 0.3 is 11.9 Å². The fraction of sp³-hybridized carbons (Fsp3) is 0.240. The lowest BCUT2D eigenvalue weighted by atomic mass is 10.0. The zero-order chi connectivity index (χ0) is 40.2. The van der Waals surface area contributed by atoms with Gasteiger partial charge in [-0.2, -0.15) is 0 Å². The number of carbonyl (C=O) groups excluding carboxylic acids is 2. The number of nitrogens with zero attached hydrogens (tertiary/aromatic N) is 1. The highest BCUT2D eigenvalue weighted by Gasteiger charge is 2.28. The third-order valence-electron chi connectivity index (χ3n) is 8.49. The van der Waals surface area contributed by atoms with Gasteiger partial charge in [-0.1, -0.05) is 210 Å². The first-order valence-electron chi connectivity index (χ1n) is 19.6. The standard InChI is InChI=1S/C30H29NO2.C16H17NO2.2C2H6/c32-30(33-24-28-19-11-4-12-20-28)29(21-25-13-5-1-6-14-25)31(22-26-15-7-2-8-16-26)23-27-17-9-3-10-18-27;17-15(11-13-7-3-1-4-8-13)16(18)19-12-14-9-5-2-6-10-14;2*1-2/h1-20,29H,21-24H2;1-10,15H,11-12,17H2;2*1-2H3. The Kier molecular flexibility index (Phi) is 21.4. The van der Waals surface area contributed by atoms with Crippen molar-refractivity contribution in [1.82, 2.24) is 4.90 Å². The van der Waals surface area contributed by atoms with Gasteiger partial charge in [0.2, 0.25) is 0 Å². The van der Waals surface area contributed by atoms with E-state index in [0.29, 0.717) is 25.9 Å². The SMILES string of the molecule is CC.CC.NC(Cc1ccccc1)C(=O)OCc1ccccc1.O=C(OCc1ccccc1)C(Cc1ccccc1)N(Cc1ccccc1)Cc1ccccc1. The Bertz CT molecular complexity index is 1830. The largest absolute Gasteiger partial charge is 0.460 e. The number of esters is 2. The number of rotatable bonds is 15. The summed E-state index contributed by atoms with van der Waals surface area (Å²) in [4.78, 5) is 27.5. The average molecular weight is 751 g/mol. The van der Waals surface area contributed by atoms with Crippen LogP contribution < -0.4 is 5.73 Å². The first-order valence-corrected chi connectivity index (χ1v) is 19.6. The lowest BCUT2D eigenvalue weighted by Gasteiger charge is -2.30. The Morgan fingerprint density at radius 1 is 0.429 bits per heavy atom. The minimum absolute atomic E-state index is 0.199. The third kappa shape index (κ3) is 16.7. The average Bonchev–Trinajstić information content (AvgIpc) is 3.27. The van der Waals surface area contributed by atoms with E-state index in [0.717, 1.165) is 22.3 Å². The summed E-state index contributed by atoms with van der Waals surface area (Å²) in [5.41, 5.74) is 12.3. The first kappa shape index (κ1) is 44.6. The molecule has 292 valence electrons. The molecule has 0 saturated heterocycles. The van der Waals surface area contributed by atoms with Crippen LogP contribution in [0.5, 0.6) is 0 Å². The van der Waals surface area contributed by atoms with Crippen molar-refractivity contribution in [3.8, 4) is 0 Å². The number of nitrogens with two attached hydrogens (primary N) is 1. The molecule has 2 unspecified atom stereocenters. The van der Waals surface area contributed by atoms with E-state index >= 15 is 0 Å². The summed E-state index contributed by atoms with van der Waals surface area (Å²) in [5.74, 6) is -0.567. The van der Waals surface area contributed by atoms with E-state index in [2.05, 4.69) is 41.3 Å². The molecule has 2 atom stereocenters. The molecule has 6 nitrogen and oxygen atoms in total. The number of hydrogen-bond donors (Lipinski definition) is 1. The van der Waals surface area contributed by atoms with Crippen molar-refractivity contribution < 1.29 is 19.1 Å². The molecule has 0 amide bonds. The monoisotopic (exact) mass is 750 g/mol. The second-order valence-corrected chi connectivity index (χ2v) is 12.6. The summed E-state index contributed by atoms with van der Waals surface area (Å²) in [6, 6.07) is 58.8. The van der Waals surface area contributed by atoms with Crippen LogP contribution in [0.3, 0.4) is 0 Å². The number of benzene rings is 6. The highest BCUT2D eigenvalue weighted by atomic mass is 16.5. The second-order valence-electron chi connectivity index (χ2n) is 12.6. The highest BCUT2D eigenvalue weighted by molar-refractivity contribution is 5.76. The number of ether oxygens (including phenoxy) is 2. The van der Waals surface area contributed by atoms with Gasteiger partial charge < -0.3 is 15.2 Å². The van der Waals surface area contributed by atoms with Crippen LogP contribution in [0.2, 0.25) is 0 Å². The van der Waals surface area contributed by atoms with Crippen molar-refractivity contribution in [1.29, 1.82) is 0 Å². The molecule has 0 aliphatic heterocycles. The summed E-state index contributed by atoms with van der Waals surface area (Å²) in [5, 5.41) is 0. The highest BCUT2D eigenvalue weighted by Crippen LogP contribution is 2.19. The molecule has 0 spiro atoms. The van der Waals surface area contributed by atoms with E-state index in [4.69, 9.17) is 15.2 Å². The van der Waals surface area contributed by atoms with Gasteiger partial charge in [0, 0.05) is 13.1 Å². The van der Waals surface area contributed by atoms with Crippen molar-refractivity contribution in [3.05, 3.63) is 215 Å². The molecule has 0 aromatic heterocycles. The van der Waals surface area contributed by atoms with E-state index < -0.39 is 12.1 Å². The lowest BCUT2D eigenvalue weighted by Crippen LogP contribution is -2.43. The molecule has 6 aromatic carbocycles. The third-order valence-corrected chi connectivity index (χ3v) is 8.49. The topological polar surface area (TPSA) is 81.9 Å². The molecule has 0 fully saturated rings. The predicted molar refractivity (Wildman–Crippen MR) is 229 cm³/mol. The molecule has 6 rings (SSSR count). The molecule has 0 saturated carbocycles. The summed E-state index contributed by atoms with van der Waals surface area (Å²) >= 11 is 0. The molecule has 0 aliphatic rings. The first-order chi connectivity index (χ1) is 27.5. The molecule has 2 N–H and O–H groups in total. The van der Waals surface area contributed by atoms with E-state index in [1.807, 2.05) is 173 Å². The van der Waals surface area contributed by atoms with Crippen LogP contribution in [-0.4, -0.2) is 28.9 Å². The van der Waals surface area contributed by atoms with Crippen molar-refractivity contribution in [2.24, 2.45) is 5.73 Å². The Hall–Kier alpha value is -5.82. The summed E-state index contributed by atoms with van der Waals surface area (Å²) < 4.78 is 11.0. The Morgan fingerprint density at radius 3 is 1.07 bits per heavy atom. The summed E-state index contributed by atoms with van der Waals surface area (Å²) in [6.45, 7) is 9.86. The number of hydrogen-bond acceptors (Lipinski definition) is 6. The van der Waals surface area contributed by atoms with Crippen LogP contribution in [0.1, 0.15) is 61.1 Å². The molecule has 0 bridgehead atoms. The van der Waals surface area contributed by atoms with Crippen molar-refractivity contribution in [3.63, 3.8) is 0 Å². The molecule has 0 radical (unpaired) electrons. The summed E-state index contributed by atoms with van der Waals surface area (Å²) in [6.07, 6.45) is 1.09. The fourth-order valence-corrected chi connectivity index (χ4v) is 5.72. The quantitative estimate of drug-likeness (QED) is 0.105. The van der Waals surface area contributed by atoms with Crippen molar-refractivity contribution in [2.75, 3.05) is 0 Å². The molecule has 6 heteroatoms. The van der Waals surface area contributed by atoms with Crippen LogP contribution in [-0.2, 0) is 58.2 Å². The van der Waals surface area contributed by atoms with E-state index in [9.17, 15) is 9.59 Å². The smallest absolute Gasteiger partial charge is 0.324 e. The van der Waals surface area contributed by atoms with Crippen LogP contribution >= 0.6 is 0 Å². The zero-order valence-corrected chi connectivity index (χ0v) is 33.4. The van der Waals surface area contributed by atoms with Gasteiger partial charge in [0.05, 0.1) is 0 Å². The minimum atomic E-state index is -0.619. The van der Waals surface area contributed by atoms with Gasteiger partial charge in [-0.15, -0.1) is 0 Å². The molecule has 0 aliphatic carbocycles. The molecule has 6 aromatic rings. The zero-order valence-electron chi connectivity index (χ0n) is 33.4. The Labute approximate surface area is 334 Å². The van der Waals surface area contributed by atoms with Crippen LogP contribution in [0, 0.1) is 0 Å². The van der Waals surface area contributed by atoms with E-state index in [-0.39, 0.29) is 25.2 Å². The van der Waals surface area contributed by atoms with Gasteiger partial charge in [0.15, 0.2) is 0 Å². The van der Waals surface area contributed by atoms with Crippen LogP contribution in [0.25, 0.3) is 0 Å². The van der Waals surface area contributed by atoms with Gasteiger partial charge in [-0.05, 0) is 46.2 Å². The van der Waals surface area contributed by atoms with Crippen molar-refractivity contribution >= 4 is 11.9 Å². The molecule has 0 heterocycles. The van der Waals surface area contributed by atoms with Gasteiger partial charge in [-0.3, -0.25) is 14.5 Å². The van der Waals surface area contributed by atoms with Crippen LogP contribution in [0.4, 0.5) is 0 Å². The lowest BCUT2D eigenvalue weighted by molar-refractivity contribution is -0.152. The van der Waals surface area contributed by atoms with Crippen LogP contribution in [0.15, 0.2) is 182 Å². The Balaban J connectivity index is 0.000000311. The maximum absolute atomic E-state index is 13.5. The maximum atomic E-state index is 13.5.